The Balaban J connectivity index is 1.71. The van der Waals surface area contributed by atoms with E-state index in [1.54, 1.807) is 14.2 Å². The van der Waals surface area contributed by atoms with Crippen molar-refractivity contribution < 1.29 is 14.3 Å². The van der Waals surface area contributed by atoms with E-state index >= 15 is 0 Å². The molecule has 0 N–H and O–H groups in total. The molecule has 0 aliphatic carbocycles. The van der Waals surface area contributed by atoms with Gasteiger partial charge in [0, 0.05) is 40.4 Å². The number of benzene rings is 1. The summed E-state index contributed by atoms with van der Waals surface area (Å²) < 4.78 is 10.8. The van der Waals surface area contributed by atoms with Gasteiger partial charge in [-0.15, -0.1) is 0 Å². The second-order valence-electron chi connectivity index (χ2n) is 6.82. The number of carbonyl (C=O) groups excluding carboxylic acids is 1. The number of nitrogens with zero attached hydrogens (tertiary/aromatic N) is 2. The number of ether oxygens (including phenoxy) is 2. The number of hydrogen-bond acceptors (Lipinski definition) is 4. The Morgan fingerprint density at radius 3 is 2.67 bits per heavy atom. The van der Waals surface area contributed by atoms with Gasteiger partial charge in [-0.05, 0) is 30.4 Å². The van der Waals surface area contributed by atoms with Crippen LogP contribution in [-0.2, 0) is 27.4 Å². The van der Waals surface area contributed by atoms with E-state index in [2.05, 4.69) is 29.2 Å². The molecule has 0 unspecified atom stereocenters. The van der Waals surface area contributed by atoms with Crippen molar-refractivity contribution in [3.05, 3.63) is 35.4 Å². The zero-order valence-electron chi connectivity index (χ0n) is 14.7. The average Bonchev–Trinajstić information content (AvgIpc) is 3.25. The molecule has 0 bridgehead atoms. The van der Waals surface area contributed by atoms with Crippen molar-refractivity contribution in [2.45, 2.75) is 44.6 Å². The summed E-state index contributed by atoms with van der Waals surface area (Å²) in [5.41, 5.74) is 2.39. The fraction of sp³-hybridized carbons (Fsp3) is 0.632. The van der Waals surface area contributed by atoms with Gasteiger partial charge in [0.05, 0.1) is 18.8 Å². The standard InChI is InChI=1S/C19H28N2O3/c1-23-14-16-7-5-6-15(10-16)12-21-13-17(24-2)11-18(21)19(22)20-8-3-4-9-20/h5-7,10,17-18H,3-4,8-9,11-14H2,1-2H3/t17-,18-/m0/s1. The summed E-state index contributed by atoms with van der Waals surface area (Å²) in [6, 6.07) is 8.36. The van der Waals surface area contributed by atoms with Gasteiger partial charge in [0.1, 0.15) is 0 Å². The number of likely N-dealkylation sites (tertiary alicyclic amines) is 2. The zero-order valence-corrected chi connectivity index (χ0v) is 14.7. The topological polar surface area (TPSA) is 42.0 Å². The molecule has 0 radical (unpaired) electrons. The first-order chi connectivity index (χ1) is 11.7. The van der Waals surface area contributed by atoms with E-state index in [0.717, 1.165) is 45.4 Å². The summed E-state index contributed by atoms with van der Waals surface area (Å²) >= 11 is 0. The van der Waals surface area contributed by atoms with Crippen LogP contribution in [-0.4, -0.2) is 61.7 Å². The predicted molar refractivity (Wildman–Crippen MR) is 92.6 cm³/mol. The lowest BCUT2D eigenvalue weighted by molar-refractivity contribution is -0.135. The van der Waals surface area contributed by atoms with Crippen LogP contribution in [0.4, 0.5) is 0 Å². The van der Waals surface area contributed by atoms with Crippen molar-refractivity contribution >= 4 is 5.91 Å². The Morgan fingerprint density at radius 1 is 1.21 bits per heavy atom. The van der Waals surface area contributed by atoms with E-state index in [1.165, 1.54) is 11.1 Å². The molecule has 2 heterocycles. The van der Waals surface area contributed by atoms with Crippen LogP contribution < -0.4 is 0 Å². The van der Waals surface area contributed by atoms with Gasteiger partial charge in [-0.25, -0.2) is 0 Å². The highest BCUT2D eigenvalue weighted by atomic mass is 16.5. The third-order valence-corrected chi connectivity index (χ3v) is 5.09. The summed E-state index contributed by atoms with van der Waals surface area (Å²) in [6.07, 6.45) is 3.20. The van der Waals surface area contributed by atoms with Gasteiger partial charge in [-0.2, -0.15) is 0 Å². The van der Waals surface area contributed by atoms with Crippen molar-refractivity contribution in [3.8, 4) is 0 Å². The Labute approximate surface area is 144 Å². The molecule has 5 heteroatoms. The van der Waals surface area contributed by atoms with Crippen molar-refractivity contribution in [3.63, 3.8) is 0 Å². The minimum absolute atomic E-state index is 0.0564. The monoisotopic (exact) mass is 332 g/mol. The fourth-order valence-corrected chi connectivity index (χ4v) is 3.83. The molecular formula is C19H28N2O3. The van der Waals surface area contributed by atoms with Gasteiger partial charge >= 0.3 is 0 Å². The highest BCUT2D eigenvalue weighted by molar-refractivity contribution is 5.82. The van der Waals surface area contributed by atoms with Crippen LogP contribution in [0.3, 0.4) is 0 Å². The molecule has 0 spiro atoms. The van der Waals surface area contributed by atoms with Gasteiger partial charge in [0.25, 0.3) is 0 Å². The zero-order chi connectivity index (χ0) is 16.9. The lowest BCUT2D eigenvalue weighted by Gasteiger charge is -2.27. The molecule has 2 fully saturated rings. The fourth-order valence-electron chi connectivity index (χ4n) is 3.83. The molecule has 132 valence electrons. The maximum atomic E-state index is 12.9. The van der Waals surface area contributed by atoms with Crippen LogP contribution >= 0.6 is 0 Å². The average molecular weight is 332 g/mol. The smallest absolute Gasteiger partial charge is 0.240 e. The predicted octanol–water partition coefficient (Wildman–Crippen LogP) is 2.04. The number of carbonyl (C=O) groups is 1. The van der Waals surface area contributed by atoms with Crippen LogP contribution in [0.1, 0.15) is 30.4 Å². The molecule has 0 aromatic heterocycles. The summed E-state index contributed by atoms with van der Waals surface area (Å²) in [4.78, 5) is 17.2. The Hall–Kier alpha value is -1.43. The SMILES string of the molecule is COCc1cccc(CN2C[C@@H](OC)C[C@H]2C(=O)N2CCCC2)c1. The lowest BCUT2D eigenvalue weighted by atomic mass is 10.1. The summed E-state index contributed by atoms with van der Waals surface area (Å²) in [6.45, 7) is 4.02. The Kier molecular flexibility index (Phi) is 5.87. The molecule has 2 aliphatic heterocycles. The van der Waals surface area contributed by atoms with Gasteiger partial charge < -0.3 is 14.4 Å². The van der Waals surface area contributed by atoms with E-state index in [4.69, 9.17) is 9.47 Å². The minimum atomic E-state index is -0.0564. The molecule has 3 rings (SSSR count). The third-order valence-electron chi connectivity index (χ3n) is 5.09. The van der Waals surface area contributed by atoms with Crippen molar-refractivity contribution in [1.29, 1.82) is 0 Å². The number of hydrogen-bond donors (Lipinski definition) is 0. The van der Waals surface area contributed by atoms with E-state index in [-0.39, 0.29) is 18.1 Å². The molecule has 2 aliphatic rings. The number of rotatable bonds is 6. The van der Waals surface area contributed by atoms with E-state index in [1.807, 2.05) is 4.90 Å². The number of amides is 1. The highest BCUT2D eigenvalue weighted by Gasteiger charge is 2.39. The van der Waals surface area contributed by atoms with Crippen LogP contribution in [0.25, 0.3) is 0 Å². The summed E-state index contributed by atoms with van der Waals surface area (Å²) in [5.74, 6) is 0.278. The second-order valence-corrected chi connectivity index (χ2v) is 6.82. The summed E-state index contributed by atoms with van der Waals surface area (Å²) in [7, 11) is 3.45. The third kappa shape index (κ3) is 3.97. The van der Waals surface area contributed by atoms with Gasteiger partial charge in [0.2, 0.25) is 5.91 Å². The molecule has 1 amide bonds. The maximum Gasteiger partial charge on any atom is 0.240 e. The van der Waals surface area contributed by atoms with Crippen LogP contribution in [0.5, 0.6) is 0 Å². The van der Waals surface area contributed by atoms with Gasteiger partial charge in [-0.3, -0.25) is 9.69 Å². The van der Waals surface area contributed by atoms with Crippen LogP contribution in [0.15, 0.2) is 24.3 Å². The van der Waals surface area contributed by atoms with Crippen LogP contribution in [0, 0.1) is 0 Å². The molecule has 0 saturated carbocycles. The van der Waals surface area contributed by atoms with Gasteiger partial charge in [-0.1, -0.05) is 24.3 Å². The molecule has 1 aromatic rings. The maximum absolute atomic E-state index is 12.9. The van der Waals surface area contributed by atoms with E-state index in [0.29, 0.717) is 6.61 Å². The first-order valence-electron chi connectivity index (χ1n) is 8.83. The van der Waals surface area contributed by atoms with Crippen molar-refractivity contribution in [2.75, 3.05) is 33.9 Å². The molecule has 5 nitrogen and oxygen atoms in total. The van der Waals surface area contributed by atoms with Crippen molar-refractivity contribution in [1.82, 2.24) is 9.80 Å². The van der Waals surface area contributed by atoms with Crippen LogP contribution in [0.2, 0.25) is 0 Å². The largest absolute Gasteiger partial charge is 0.380 e. The van der Waals surface area contributed by atoms with Gasteiger partial charge in [0.15, 0.2) is 0 Å². The second kappa shape index (κ2) is 8.10. The molecule has 24 heavy (non-hydrogen) atoms. The highest BCUT2D eigenvalue weighted by Crippen LogP contribution is 2.25. The number of methoxy groups -OCH3 is 2. The first-order valence-corrected chi connectivity index (χ1v) is 8.83. The Morgan fingerprint density at radius 2 is 1.96 bits per heavy atom. The van der Waals surface area contributed by atoms with Crippen molar-refractivity contribution in [2.24, 2.45) is 0 Å². The molecule has 2 atom stereocenters. The molecule has 2 saturated heterocycles. The minimum Gasteiger partial charge on any atom is -0.380 e. The van der Waals surface area contributed by atoms with E-state index < -0.39 is 0 Å². The van der Waals surface area contributed by atoms with E-state index in [9.17, 15) is 4.79 Å². The first kappa shape index (κ1) is 17.4. The summed E-state index contributed by atoms with van der Waals surface area (Å²) in [5, 5.41) is 0. The lowest BCUT2D eigenvalue weighted by Crippen LogP contribution is -2.44. The molecule has 1 aromatic carbocycles. The molecular weight excluding hydrogens is 304 g/mol. The quantitative estimate of drug-likeness (QED) is 0.799. The Bertz CT molecular complexity index is 557. The normalized spacial score (nSPS) is 24.7.